The summed E-state index contributed by atoms with van der Waals surface area (Å²) in [5.41, 5.74) is 2.47. The molecule has 0 saturated carbocycles. The van der Waals surface area contributed by atoms with Gasteiger partial charge in [-0.05, 0) is 46.4 Å². The maximum Gasteiger partial charge on any atom is 0.416 e. The highest BCUT2D eigenvalue weighted by Crippen LogP contribution is 2.46. The maximum atomic E-state index is 13.5. The Bertz CT molecular complexity index is 1330. The highest BCUT2D eigenvalue weighted by Gasteiger charge is 2.50. The van der Waals surface area contributed by atoms with Gasteiger partial charge in [0.2, 0.25) is 0 Å². The van der Waals surface area contributed by atoms with Gasteiger partial charge in [-0.3, -0.25) is 4.90 Å². The molecule has 3 aromatic carbocycles. The highest BCUT2D eigenvalue weighted by atomic mass is 19.4. The van der Waals surface area contributed by atoms with Gasteiger partial charge in [-0.1, -0.05) is 60.7 Å². The zero-order valence-corrected chi connectivity index (χ0v) is 20.9. The van der Waals surface area contributed by atoms with Crippen LogP contribution in [0.15, 0.2) is 66.7 Å². The number of aliphatic hydroxyl groups is 1. The summed E-state index contributed by atoms with van der Waals surface area (Å²) in [6.07, 6.45) is -4.88. The second-order valence-electron chi connectivity index (χ2n) is 10.5. The Morgan fingerprint density at radius 1 is 0.974 bits per heavy atom. The Morgan fingerprint density at radius 3 is 2.13 bits per heavy atom. The SMILES string of the molecule is Cc1c(C(F)(F)F)cccc1C1(O)CC2COCC(C1)N2C(=O)OCC1c2ccccc2-c2ccccc21. The molecule has 198 valence electrons. The van der Waals surface area contributed by atoms with Gasteiger partial charge >= 0.3 is 12.3 Å². The van der Waals surface area contributed by atoms with Crippen molar-refractivity contribution in [1.82, 2.24) is 4.90 Å². The molecule has 0 radical (unpaired) electrons. The Balaban J connectivity index is 1.22. The normalized spacial score (nSPS) is 24.6. The Hall–Kier alpha value is -3.36. The molecule has 1 aliphatic carbocycles. The lowest BCUT2D eigenvalue weighted by molar-refractivity contribution is -0.141. The molecule has 3 aromatic rings. The van der Waals surface area contributed by atoms with Crippen molar-refractivity contribution >= 4 is 6.09 Å². The van der Waals surface area contributed by atoms with Gasteiger partial charge in [0, 0.05) is 18.8 Å². The van der Waals surface area contributed by atoms with E-state index in [0.29, 0.717) is 0 Å². The molecule has 1 amide bonds. The van der Waals surface area contributed by atoms with Gasteiger partial charge in [-0.25, -0.2) is 4.79 Å². The van der Waals surface area contributed by atoms with Crippen molar-refractivity contribution in [2.24, 2.45) is 0 Å². The summed E-state index contributed by atoms with van der Waals surface area (Å²) in [4.78, 5) is 15.0. The number of carbonyl (C=O) groups excluding carboxylic acids is 1. The van der Waals surface area contributed by atoms with E-state index in [1.807, 2.05) is 24.3 Å². The first kappa shape index (κ1) is 24.9. The Labute approximate surface area is 218 Å². The molecular formula is C30H28F3NO4. The van der Waals surface area contributed by atoms with E-state index in [0.717, 1.165) is 28.3 Å². The van der Waals surface area contributed by atoms with Crippen molar-refractivity contribution in [2.75, 3.05) is 19.8 Å². The lowest BCUT2D eigenvalue weighted by Gasteiger charge is -2.51. The van der Waals surface area contributed by atoms with Crippen molar-refractivity contribution in [2.45, 2.75) is 49.5 Å². The predicted octanol–water partition coefficient (Wildman–Crippen LogP) is 6.01. The maximum absolute atomic E-state index is 13.5. The molecular weight excluding hydrogens is 495 g/mol. The fourth-order valence-corrected chi connectivity index (χ4v) is 6.61. The summed E-state index contributed by atoms with van der Waals surface area (Å²) >= 11 is 0. The summed E-state index contributed by atoms with van der Waals surface area (Å²) in [6, 6.07) is 19.0. The van der Waals surface area contributed by atoms with Crippen LogP contribution >= 0.6 is 0 Å². The smallest absolute Gasteiger partial charge is 0.416 e. The minimum absolute atomic E-state index is 0.0103. The van der Waals surface area contributed by atoms with Crippen molar-refractivity contribution in [3.05, 3.63) is 94.5 Å². The molecule has 5 nitrogen and oxygen atoms in total. The molecule has 2 saturated heterocycles. The van der Waals surface area contributed by atoms with E-state index in [1.54, 1.807) is 11.0 Å². The number of carbonyl (C=O) groups is 1. The van der Waals surface area contributed by atoms with Crippen molar-refractivity contribution < 1.29 is 32.5 Å². The number of amides is 1. The summed E-state index contributed by atoms with van der Waals surface area (Å²) in [5, 5.41) is 11.6. The van der Waals surface area contributed by atoms with E-state index in [1.165, 1.54) is 13.0 Å². The van der Waals surface area contributed by atoms with E-state index >= 15 is 0 Å². The zero-order valence-electron chi connectivity index (χ0n) is 20.9. The number of piperidine rings is 1. The third kappa shape index (κ3) is 4.07. The van der Waals surface area contributed by atoms with Gasteiger partial charge in [0.1, 0.15) is 6.61 Å². The second-order valence-corrected chi connectivity index (χ2v) is 10.5. The average molecular weight is 524 g/mol. The molecule has 2 bridgehead atoms. The molecule has 6 rings (SSSR count). The minimum atomic E-state index is -4.52. The monoisotopic (exact) mass is 523 g/mol. The molecule has 2 atom stereocenters. The standard InChI is InChI=1S/C30H28F3NO4/c1-18-26(11-6-12-27(18)30(31,32)33)29(36)13-19-15-37-16-20(14-29)34(19)28(35)38-17-25-23-9-4-2-7-21(23)22-8-3-5-10-24(22)25/h2-12,19-20,25,36H,13-17H2,1H3. The molecule has 2 heterocycles. The van der Waals surface area contributed by atoms with Crippen LogP contribution in [0.4, 0.5) is 18.0 Å². The lowest BCUT2D eigenvalue weighted by atomic mass is 9.75. The highest BCUT2D eigenvalue weighted by molar-refractivity contribution is 5.79. The molecule has 3 aliphatic rings. The van der Waals surface area contributed by atoms with Gasteiger partial charge in [0.05, 0.1) is 36.5 Å². The van der Waals surface area contributed by atoms with Crippen LogP contribution < -0.4 is 0 Å². The van der Waals surface area contributed by atoms with Crippen LogP contribution in [0.2, 0.25) is 0 Å². The lowest BCUT2D eigenvalue weighted by Crippen LogP contribution is -2.62. The van der Waals surface area contributed by atoms with E-state index in [-0.39, 0.29) is 49.7 Å². The molecule has 2 fully saturated rings. The summed E-state index contributed by atoms with van der Waals surface area (Å²) < 4.78 is 52.2. The van der Waals surface area contributed by atoms with Crippen molar-refractivity contribution in [3.63, 3.8) is 0 Å². The number of alkyl halides is 3. The van der Waals surface area contributed by atoms with Crippen LogP contribution in [-0.4, -0.2) is 48.0 Å². The molecule has 0 aromatic heterocycles. The van der Waals surface area contributed by atoms with Crippen LogP contribution in [0, 0.1) is 6.92 Å². The average Bonchev–Trinajstić information content (AvgIpc) is 3.20. The number of benzene rings is 3. The first-order valence-corrected chi connectivity index (χ1v) is 12.8. The quantitative estimate of drug-likeness (QED) is 0.457. The molecule has 1 N–H and O–H groups in total. The summed E-state index contributed by atoms with van der Waals surface area (Å²) in [6.45, 7) is 1.92. The van der Waals surface area contributed by atoms with Crippen LogP contribution in [0.25, 0.3) is 11.1 Å². The molecule has 0 spiro atoms. The largest absolute Gasteiger partial charge is 0.448 e. The summed E-state index contributed by atoms with van der Waals surface area (Å²) in [7, 11) is 0. The van der Waals surface area contributed by atoms with E-state index < -0.39 is 35.5 Å². The number of hydrogen-bond donors (Lipinski definition) is 1. The zero-order chi connectivity index (χ0) is 26.7. The second kappa shape index (κ2) is 9.13. The van der Waals surface area contributed by atoms with E-state index in [9.17, 15) is 23.1 Å². The van der Waals surface area contributed by atoms with Crippen LogP contribution in [0.3, 0.4) is 0 Å². The van der Waals surface area contributed by atoms with Gasteiger partial charge in [0.15, 0.2) is 0 Å². The van der Waals surface area contributed by atoms with Crippen LogP contribution in [0.1, 0.15) is 46.6 Å². The fourth-order valence-electron chi connectivity index (χ4n) is 6.61. The number of rotatable bonds is 3. The number of halogens is 3. The molecule has 38 heavy (non-hydrogen) atoms. The van der Waals surface area contributed by atoms with Gasteiger partial charge in [-0.2, -0.15) is 13.2 Å². The Kier molecular flexibility index (Phi) is 6.00. The number of hydrogen-bond acceptors (Lipinski definition) is 4. The van der Waals surface area contributed by atoms with E-state index in [4.69, 9.17) is 9.47 Å². The number of morpholine rings is 1. The third-order valence-corrected chi connectivity index (χ3v) is 8.24. The van der Waals surface area contributed by atoms with Crippen molar-refractivity contribution in [1.29, 1.82) is 0 Å². The molecule has 2 unspecified atom stereocenters. The van der Waals surface area contributed by atoms with Gasteiger partial charge in [-0.15, -0.1) is 0 Å². The number of nitrogens with zero attached hydrogens (tertiary/aromatic N) is 1. The van der Waals surface area contributed by atoms with Crippen LogP contribution in [0.5, 0.6) is 0 Å². The third-order valence-electron chi connectivity index (χ3n) is 8.24. The predicted molar refractivity (Wildman–Crippen MR) is 135 cm³/mol. The van der Waals surface area contributed by atoms with Crippen molar-refractivity contribution in [3.8, 4) is 11.1 Å². The van der Waals surface area contributed by atoms with Gasteiger partial charge in [0.25, 0.3) is 0 Å². The first-order valence-electron chi connectivity index (χ1n) is 12.8. The topological polar surface area (TPSA) is 59.0 Å². The number of ether oxygens (including phenoxy) is 2. The first-order chi connectivity index (χ1) is 18.2. The number of fused-ring (bicyclic) bond motifs is 5. The van der Waals surface area contributed by atoms with E-state index in [2.05, 4.69) is 24.3 Å². The summed E-state index contributed by atoms with van der Waals surface area (Å²) in [5.74, 6) is -0.0862. The fraction of sp³-hybridized carbons (Fsp3) is 0.367. The molecule has 8 heteroatoms. The Morgan fingerprint density at radius 2 is 1.55 bits per heavy atom. The van der Waals surface area contributed by atoms with Crippen LogP contribution in [-0.2, 0) is 21.3 Å². The van der Waals surface area contributed by atoms with Gasteiger partial charge < -0.3 is 14.6 Å². The minimum Gasteiger partial charge on any atom is -0.448 e. The molecule has 2 aliphatic heterocycles.